The zero-order valence-electron chi connectivity index (χ0n) is 20.9. The number of anilines is 1. The van der Waals surface area contributed by atoms with Gasteiger partial charge in [-0.25, -0.2) is 13.2 Å². The normalized spacial score (nSPS) is 22.6. The highest BCUT2D eigenvalue weighted by molar-refractivity contribution is 6.44. The number of nitrogens with zero attached hydrogens (tertiary/aromatic N) is 5. The van der Waals surface area contributed by atoms with Gasteiger partial charge in [0, 0.05) is 30.6 Å². The lowest BCUT2D eigenvalue weighted by molar-refractivity contribution is -0.148. The summed E-state index contributed by atoms with van der Waals surface area (Å²) in [7, 11) is 0. The Hall–Kier alpha value is -4.98. The Morgan fingerprint density at radius 1 is 1.30 bits per heavy atom. The number of aromatic nitrogens is 4. The molecule has 14 heteroatoms. The van der Waals surface area contributed by atoms with Crippen molar-refractivity contribution >= 4 is 23.3 Å². The minimum atomic E-state index is -3.06. The summed E-state index contributed by atoms with van der Waals surface area (Å²) in [6.07, 6.45) is 0.517. The summed E-state index contributed by atoms with van der Waals surface area (Å²) in [5, 5.41) is 23.9. The molecule has 0 bridgehead atoms. The van der Waals surface area contributed by atoms with Gasteiger partial charge in [-0.2, -0.15) is 20.7 Å². The van der Waals surface area contributed by atoms with E-state index in [1.54, 1.807) is 10.6 Å². The lowest BCUT2D eigenvalue weighted by atomic mass is 9.71. The fourth-order valence-electron chi connectivity index (χ4n) is 6.07. The molecule has 11 nitrogen and oxygen atoms in total. The first-order chi connectivity index (χ1) is 18.9. The molecule has 3 N–H and O–H groups in total. The standard InChI is InChI=1S/C26H19F3N8O3/c1-12-19(21(38)23(40)34-24(10-25(28,29)11-24)18-9-32-36-35-18)17-6-14-7-26(14,31-2)37(17)20(12)22(39)33-15-3-4-16(27)13(5-15)8-30/h2-5,9,14H,6-7,10-11H2,1H3,(H2-,32,33,34,35,36,39,40)/p+1/t14-,26+/m0/s1. The number of aromatic amines is 1. The van der Waals surface area contributed by atoms with E-state index in [1.165, 1.54) is 19.2 Å². The van der Waals surface area contributed by atoms with E-state index in [1.807, 2.05) is 0 Å². The van der Waals surface area contributed by atoms with Crippen molar-refractivity contribution in [1.29, 1.82) is 5.26 Å². The van der Waals surface area contributed by atoms with Crippen LogP contribution in [0.3, 0.4) is 0 Å². The Bertz CT molecular complexity index is 1710. The molecule has 3 aliphatic rings. The van der Waals surface area contributed by atoms with Gasteiger partial charge in [-0.1, -0.05) is 4.85 Å². The summed E-state index contributed by atoms with van der Waals surface area (Å²) in [6.45, 7) is 7.21. The van der Waals surface area contributed by atoms with E-state index in [2.05, 4.69) is 30.9 Å². The molecule has 40 heavy (non-hydrogen) atoms. The predicted molar refractivity (Wildman–Crippen MR) is 131 cm³/mol. The quantitative estimate of drug-likeness (QED) is 0.318. The van der Waals surface area contributed by atoms with Crippen LogP contribution in [0, 0.1) is 36.6 Å². The van der Waals surface area contributed by atoms with Gasteiger partial charge in [0.25, 0.3) is 30.1 Å². The van der Waals surface area contributed by atoms with Gasteiger partial charge >= 0.3 is 5.66 Å². The number of carbonyl (C=O) groups excluding carboxylic acids is 3. The number of hydrogen-bond acceptors (Lipinski definition) is 6. The fourth-order valence-corrected chi connectivity index (χ4v) is 6.07. The van der Waals surface area contributed by atoms with Crippen molar-refractivity contribution in [2.75, 3.05) is 5.32 Å². The first-order valence-electron chi connectivity index (χ1n) is 12.2. The van der Waals surface area contributed by atoms with E-state index >= 15 is 0 Å². The maximum absolute atomic E-state index is 13.9. The van der Waals surface area contributed by atoms with Gasteiger partial charge in [-0.3, -0.25) is 19.0 Å². The van der Waals surface area contributed by atoms with E-state index in [0.717, 1.165) is 12.1 Å². The molecule has 202 valence electrons. The van der Waals surface area contributed by atoms with E-state index in [-0.39, 0.29) is 39.7 Å². The summed E-state index contributed by atoms with van der Waals surface area (Å²) in [6, 6.07) is 5.17. The number of ketones is 1. The van der Waals surface area contributed by atoms with Crippen LogP contribution < -0.4 is 10.6 Å². The van der Waals surface area contributed by atoms with Crippen LogP contribution in [0.4, 0.5) is 18.9 Å². The van der Waals surface area contributed by atoms with E-state index in [4.69, 9.17) is 11.8 Å². The highest BCUT2D eigenvalue weighted by atomic mass is 19.3. The number of rotatable bonds is 6. The van der Waals surface area contributed by atoms with Gasteiger partial charge in [0.15, 0.2) is 0 Å². The monoisotopic (exact) mass is 549 g/mol. The second kappa shape index (κ2) is 8.26. The summed E-state index contributed by atoms with van der Waals surface area (Å²) >= 11 is 0. The minimum absolute atomic E-state index is 0.0181. The second-order valence-electron chi connectivity index (χ2n) is 10.4. The van der Waals surface area contributed by atoms with Crippen molar-refractivity contribution in [1.82, 2.24) is 25.3 Å². The number of Topliss-reactive ketones (excluding diaryl/α,β-unsaturated/α-hetero) is 1. The van der Waals surface area contributed by atoms with Gasteiger partial charge in [0.1, 0.15) is 23.3 Å². The fraction of sp³-hybridized carbons (Fsp3) is 0.346. The Labute approximate surface area is 224 Å². The van der Waals surface area contributed by atoms with Crippen molar-refractivity contribution in [2.24, 2.45) is 5.92 Å². The van der Waals surface area contributed by atoms with Crippen molar-refractivity contribution < 1.29 is 27.6 Å². The van der Waals surface area contributed by atoms with Gasteiger partial charge in [-0.15, -0.1) is 0 Å². The van der Waals surface area contributed by atoms with E-state index in [9.17, 15) is 27.6 Å². The highest BCUT2D eigenvalue weighted by Crippen LogP contribution is 2.61. The summed E-state index contributed by atoms with van der Waals surface area (Å²) in [5.41, 5.74) is -2.12. The molecule has 2 fully saturated rings. The zero-order chi connectivity index (χ0) is 28.6. The van der Waals surface area contributed by atoms with Crippen molar-refractivity contribution in [3.8, 4) is 12.6 Å². The molecule has 0 unspecified atom stereocenters. The number of carbonyl (C=O) groups is 3. The largest absolute Gasteiger partial charge is 0.364 e. The molecule has 2 aromatic heterocycles. The number of fused-ring (bicyclic) bond motifs is 3. The first kappa shape index (κ1) is 25.3. The molecule has 0 spiro atoms. The van der Waals surface area contributed by atoms with Gasteiger partial charge in [-0.05, 0) is 30.7 Å². The summed E-state index contributed by atoms with van der Waals surface area (Å²) in [4.78, 5) is 44.3. The second-order valence-corrected chi connectivity index (χ2v) is 10.4. The van der Waals surface area contributed by atoms with Gasteiger partial charge in [0.05, 0.1) is 35.2 Å². The molecule has 2 atom stereocenters. The highest BCUT2D eigenvalue weighted by Gasteiger charge is 2.73. The molecule has 2 aliphatic carbocycles. The predicted octanol–water partition coefficient (Wildman–Crippen LogP) is 2.99. The topological polar surface area (TPSA) is 150 Å². The average molecular weight is 549 g/mol. The van der Waals surface area contributed by atoms with E-state index < -0.39 is 53.4 Å². The number of halogens is 3. The molecule has 3 heterocycles. The zero-order valence-corrected chi connectivity index (χ0v) is 20.9. The number of benzene rings is 1. The summed E-state index contributed by atoms with van der Waals surface area (Å²) in [5.74, 6) is -6.76. The maximum Gasteiger partial charge on any atom is 0.364 e. The van der Waals surface area contributed by atoms with Crippen molar-refractivity contribution in [3.05, 3.63) is 68.8 Å². The number of amides is 2. The molecule has 0 saturated heterocycles. The smallest absolute Gasteiger partial charge is 0.337 e. The van der Waals surface area contributed by atoms with Crippen molar-refractivity contribution in [2.45, 2.75) is 49.7 Å². The third kappa shape index (κ3) is 3.52. The molecule has 2 saturated carbocycles. The molecular weight excluding hydrogens is 529 g/mol. The van der Waals surface area contributed by atoms with Crippen LogP contribution in [-0.2, 0) is 22.4 Å². The maximum atomic E-state index is 13.9. The number of H-pyrrole nitrogens is 1. The third-order valence-corrected chi connectivity index (χ3v) is 7.98. The molecule has 6 rings (SSSR count). The molecule has 3 aromatic rings. The molecule has 1 aromatic carbocycles. The first-order valence-corrected chi connectivity index (χ1v) is 12.2. The van der Waals surface area contributed by atoms with Crippen LogP contribution in [0.1, 0.15) is 62.6 Å². The van der Waals surface area contributed by atoms with Crippen molar-refractivity contribution in [3.63, 3.8) is 0 Å². The average Bonchev–Trinajstić information content (AvgIpc) is 3.20. The van der Waals surface area contributed by atoms with Crippen LogP contribution in [0.2, 0.25) is 0 Å². The number of nitriles is 1. The number of alkyl halides is 2. The van der Waals surface area contributed by atoms with Crippen LogP contribution in [-0.4, -0.2) is 43.5 Å². The minimum Gasteiger partial charge on any atom is -0.337 e. The molecule has 2 amide bonds. The SMILES string of the molecule is C#[N+][C@@]12C[C@@H]1Cc1c(C(=O)C(=O)NC3(c4cn[nH]n4)CC(F)(F)C3)c(C)c(C(=O)Nc3ccc(F)c(C#N)c3)n12. The number of hydrogen-bond donors (Lipinski definition) is 3. The Balaban J connectivity index is 1.36. The van der Waals surface area contributed by atoms with Gasteiger partial charge < -0.3 is 10.6 Å². The number of nitrogens with one attached hydrogen (secondary N) is 3. The molecule has 1 aliphatic heterocycles. The van der Waals surface area contributed by atoms with Crippen LogP contribution in [0.5, 0.6) is 0 Å². The van der Waals surface area contributed by atoms with Crippen LogP contribution >= 0.6 is 0 Å². The lowest BCUT2D eigenvalue weighted by Crippen LogP contribution is -2.61. The van der Waals surface area contributed by atoms with Gasteiger partial charge in [0.2, 0.25) is 0 Å². The molecule has 0 radical (unpaired) electrons. The third-order valence-electron chi connectivity index (χ3n) is 7.98. The summed E-state index contributed by atoms with van der Waals surface area (Å²) < 4.78 is 43.1. The lowest BCUT2D eigenvalue weighted by Gasteiger charge is -2.46. The Morgan fingerprint density at radius 2 is 2.05 bits per heavy atom. The van der Waals surface area contributed by atoms with E-state index in [0.29, 0.717) is 18.5 Å². The Morgan fingerprint density at radius 3 is 2.67 bits per heavy atom. The molecular formula is C26H20F3N8O3+. The van der Waals surface area contributed by atoms with Crippen LogP contribution in [0.25, 0.3) is 4.85 Å². The Kier molecular flexibility index (Phi) is 5.22. The van der Waals surface area contributed by atoms with Crippen LogP contribution in [0.15, 0.2) is 24.4 Å².